The minimum absolute atomic E-state index is 0.110. The highest BCUT2D eigenvalue weighted by molar-refractivity contribution is 7.99. The molecule has 1 aliphatic rings. The smallest absolute Gasteiger partial charge is 0.410 e. The molecule has 16 heavy (non-hydrogen) atoms. The van der Waals surface area contributed by atoms with E-state index in [0.717, 1.165) is 11.5 Å². The summed E-state index contributed by atoms with van der Waals surface area (Å²) in [5.41, 5.74) is -0.453. The monoisotopic (exact) mass is 247 g/mol. The van der Waals surface area contributed by atoms with Gasteiger partial charge in [-0.1, -0.05) is 0 Å². The van der Waals surface area contributed by atoms with Gasteiger partial charge in [-0.05, 0) is 27.2 Å². The Hall–Kier alpha value is -0.420. The third kappa shape index (κ3) is 4.22. The lowest BCUT2D eigenvalue weighted by atomic mass is 10.2. The lowest BCUT2D eigenvalue weighted by molar-refractivity contribution is 0.0167. The van der Waals surface area contributed by atoms with Crippen molar-refractivity contribution in [1.82, 2.24) is 4.90 Å². The number of nitrogens with zero attached hydrogens (tertiary/aromatic N) is 1. The molecular formula is C11H21NO3S. The third-order valence-electron chi connectivity index (χ3n) is 2.32. The molecule has 4 nitrogen and oxygen atoms in total. The van der Waals surface area contributed by atoms with Crippen molar-refractivity contribution in [3.63, 3.8) is 0 Å². The molecule has 1 heterocycles. The Labute approximate surface area is 101 Å². The van der Waals surface area contributed by atoms with Gasteiger partial charge >= 0.3 is 6.09 Å². The number of carbonyl (C=O) groups is 1. The minimum Gasteiger partial charge on any atom is -0.444 e. The SMILES string of the molecule is CC(C)(C)OC(=O)N1CCSC[C@@H]1CCO. The lowest BCUT2D eigenvalue weighted by Gasteiger charge is -2.36. The van der Waals surface area contributed by atoms with Crippen molar-refractivity contribution in [2.45, 2.75) is 38.8 Å². The van der Waals surface area contributed by atoms with Crippen LogP contribution in [0.25, 0.3) is 0 Å². The van der Waals surface area contributed by atoms with Crippen molar-refractivity contribution in [2.75, 3.05) is 24.7 Å². The van der Waals surface area contributed by atoms with Crippen LogP contribution in [-0.4, -0.2) is 52.4 Å². The first kappa shape index (κ1) is 13.6. The van der Waals surface area contributed by atoms with Crippen LogP contribution in [0.4, 0.5) is 4.79 Å². The maximum Gasteiger partial charge on any atom is 0.410 e. The van der Waals surface area contributed by atoms with Gasteiger partial charge in [0.1, 0.15) is 5.60 Å². The van der Waals surface area contributed by atoms with Crippen LogP contribution in [0, 0.1) is 0 Å². The lowest BCUT2D eigenvalue weighted by Crippen LogP contribution is -2.48. The maximum absolute atomic E-state index is 11.9. The molecule has 94 valence electrons. The van der Waals surface area contributed by atoms with E-state index in [2.05, 4.69) is 0 Å². The Balaban J connectivity index is 2.57. The first-order chi connectivity index (χ1) is 7.44. The van der Waals surface area contributed by atoms with E-state index < -0.39 is 5.60 Å². The molecule has 0 radical (unpaired) electrons. The Morgan fingerprint density at radius 1 is 1.56 bits per heavy atom. The average Bonchev–Trinajstić information content (AvgIpc) is 2.16. The van der Waals surface area contributed by atoms with Crippen molar-refractivity contribution in [3.05, 3.63) is 0 Å². The summed E-state index contributed by atoms with van der Waals surface area (Å²) in [4.78, 5) is 13.7. The zero-order chi connectivity index (χ0) is 12.2. The van der Waals surface area contributed by atoms with E-state index in [9.17, 15) is 4.79 Å². The highest BCUT2D eigenvalue weighted by Crippen LogP contribution is 2.21. The van der Waals surface area contributed by atoms with Gasteiger partial charge in [0.2, 0.25) is 0 Å². The van der Waals surface area contributed by atoms with Gasteiger partial charge in [-0.25, -0.2) is 4.79 Å². The minimum atomic E-state index is -0.453. The standard InChI is InChI=1S/C11H21NO3S/c1-11(2,3)15-10(14)12-5-7-16-8-9(12)4-6-13/h9,13H,4-8H2,1-3H3/t9-/m0/s1. The summed E-state index contributed by atoms with van der Waals surface area (Å²) in [7, 11) is 0. The molecule has 0 spiro atoms. The molecule has 1 atom stereocenters. The van der Waals surface area contributed by atoms with Crippen molar-refractivity contribution in [1.29, 1.82) is 0 Å². The van der Waals surface area contributed by atoms with Crippen LogP contribution in [0.2, 0.25) is 0 Å². The highest BCUT2D eigenvalue weighted by Gasteiger charge is 2.30. The number of ether oxygens (including phenoxy) is 1. The second kappa shape index (κ2) is 5.77. The molecule has 0 aromatic heterocycles. The fourth-order valence-corrected chi connectivity index (χ4v) is 2.72. The molecule has 1 saturated heterocycles. The molecule has 0 aromatic rings. The van der Waals surface area contributed by atoms with Gasteiger partial charge in [-0.15, -0.1) is 0 Å². The van der Waals surface area contributed by atoms with Crippen LogP contribution >= 0.6 is 11.8 Å². The van der Waals surface area contributed by atoms with Crippen molar-refractivity contribution in [2.24, 2.45) is 0 Å². The van der Waals surface area contributed by atoms with E-state index in [0.29, 0.717) is 13.0 Å². The number of amides is 1. The predicted molar refractivity (Wildman–Crippen MR) is 65.8 cm³/mol. The molecule has 0 aliphatic carbocycles. The fraction of sp³-hybridized carbons (Fsp3) is 0.909. The van der Waals surface area contributed by atoms with E-state index in [4.69, 9.17) is 9.84 Å². The van der Waals surface area contributed by atoms with Crippen LogP contribution < -0.4 is 0 Å². The highest BCUT2D eigenvalue weighted by atomic mass is 32.2. The van der Waals surface area contributed by atoms with Gasteiger partial charge in [0.05, 0.1) is 0 Å². The van der Waals surface area contributed by atoms with E-state index in [1.165, 1.54) is 0 Å². The van der Waals surface area contributed by atoms with Gasteiger partial charge in [0.15, 0.2) is 0 Å². The van der Waals surface area contributed by atoms with Crippen LogP contribution in [0.3, 0.4) is 0 Å². The predicted octanol–water partition coefficient (Wildman–Crippen LogP) is 1.72. The number of hydrogen-bond acceptors (Lipinski definition) is 4. The molecular weight excluding hydrogens is 226 g/mol. The number of carbonyl (C=O) groups excluding carboxylic acids is 1. The van der Waals surface area contributed by atoms with Gasteiger partial charge < -0.3 is 14.7 Å². The second-order valence-electron chi connectivity index (χ2n) is 4.91. The Morgan fingerprint density at radius 2 is 2.25 bits per heavy atom. The van der Waals surface area contributed by atoms with Crippen LogP contribution in [0.5, 0.6) is 0 Å². The van der Waals surface area contributed by atoms with Crippen molar-refractivity contribution >= 4 is 17.9 Å². The number of aliphatic hydroxyl groups is 1. The Morgan fingerprint density at radius 3 is 2.81 bits per heavy atom. The first-order valence-electron chi connectivity index (χ1n) is 5.62. The summed E-state index contributed by atoms with van der Waals surface area (Å²) in [6.45, 7) is 6.43. The normalized spacial score (nSPS) is 22.0. The molecule has 1 amide bonds. The quantitative estimate of drug-likeness (QED) is 0.807. The molecule has 1 N–H and O–H groups in total. The molecule has 1 rings (SSSR count). The number of thioether (sulfide) groups is 1. The van der Waals surface area contributed by atoms with E-state index in [-0.39, 0.29) is 18.7 Å². The van der Waals surface area contributed by atoms with Gasteiger partial charge in [0.25, 0.3) is 0 Å². The Kier molecular flexibility index (Phi) is 4.92. The average molecular weight is 247 g/mol. The summed E-state index contributed by atoms with van der Waals surface area (Å²) in [6, 6.07) is 0.110. The van der Waals surface area contributed by atoms with Crippen LogP contribution in [0.15, 0.2) is 0 Å². The molecule has 0 bridgehead atoms. The third-order valence-corrected chi connectivity index (χ3v) is 3.41. The molecule has 0 saturated carbocycles. The summed E-state index contributed by atoms with van der Waals surface area (Å²) in [5, 5.41) is 8.96. The largest absolute Gasteiger partial charge is 0.444 e. The first-order valence-corrected chi connectivity index (χ1v) is 6.78. The molecule has 0 unspecified atom stereocenters. The fourth-order valence-electron chi connectivity index (χ4n) is 1.60. The number of aliphatic hydroxyl groups excluding tert-OH is 1. The summed E-state index contributed by atoms with van der Waals surface area (Å²) in [6.07, 6.45) is 0.373. The van der Waals surface area contributed by atoms with Crippen molar-refractivity contribution in [3.8, 4) is 0 Å². The van der Waals surface area contributed by atoms with Gasteiger partial charge in [0, 0.05) is 30.7 Å². The number of rotatable bonds is 2. The summed E-state index contributed by atoms with van der Waals surface area (Å²) >= 11 is 1.82. The zero-order valence-electron chi connectivity index (χ0n) is 10.2. The zero-order valence-corrected chi connectivity index (χ0v) is 11.0. The topological polar surface area (TPSA) is 49.8 Å². The number of hydrogen-bond donors (Lipinski definition) is 1. The molecule has 1 fully saturated rings. The van der Waals surface area contributed by atoms with Crippen molar-refractivity contribution < 1.29 is 14.6 Å². The van der Waals surface area contributed by atoms with E-state index in [1.54, 1.807) is 4.90 Å². The van der Waals surface area contributed by atoms with E-state index >= 15 is 0 Å². The molecule has 1 aliphatic heterocycles. The molecule has 5 heteroatoms. The van der Waals surface area contributed by atoms with Crippen LogP contribution in [-0.2, 0) is 4.74 Å². The van der Waals surface area contributed by atoms with Gasteiger partial charge in [-0.3, -0.25) is 0 Å². The van der Waals surface area contributed by atoms with Gasteiger partial charge in [-0.2, -0.15) is 11.8 Å². The Bertz CT molecular complexity index is 238. The van der Waals surface area contributed by atoms with Crippen LogP contribution in [0.1, 0.15) is 27.2 Å². The summed E-state index contributed by atoms with van der Waals surface area (Å²) < 4.78 is 5.35. The second-order valence-corrected chi connectivity index (χ2v) is 6.06. The van der Waals surface area contributed by atoms with E-state index in [1.807, 2.05) is 32.5 Å². The summed E-state index contributed by atoms with van der Waals surface area (Å²) in [5.74, 6) is 1.83. The maximum atomic E-state index is 11.9. The molecule has 0 aromatic carbocycles.